The van der Waals surface area contributed by atoms with Crippen LogP contribution in [0.1, 0.15) is 38.6 Å². The normalized spacial score (nSPS) is 11.1. The number of pyridine rings is 1. The lowest BCUT2D eigenvalue weighted by Gasteiger charge is -2.10. The zero-order chi connectivity index (χ0) is 29.1. The molecule has 0 saturated carbocycles. The molecule has 0 N–H and O–H groups in total. The van der Waals surface area contributed by atoms with Crippen LogP contribution < -0.4 is 4.74 Å². The van der Waals surface area contributed by atoms with E-state index in [2.05, 4.69) is 9.97 Å². The van der Waals surface area contributed by atoms with E-state index in [-0.39, 0.29) is 12.4 Å². The number of benzene rings is 3. The summed E-state index contributed by atoms with van der Waals surface area (Å²) in [5.41, 5.74) is 6.06. The number of carbonyl (C=O) groups excluding carboxylic acids is 1. The average molecular weight is 563 g/mol. The first-order chi connectivity index (χ1) is 20.5. The lowest BCUT2D eigenvalue weighted by Crippen LogP contribution is -2.06. The molecule has 0 radical (unpaired) electrons. The molecule has 0 bridgehead atoms. The highest BCUT2D eigenvalue weighted by Crippen LogP contribution is 2.25. The molecule has 210 valence electrons. The second-order valence-electron chi connectivity index (χ2n) is 9.90. The van der Waals surface area contributed by atoms with Gasteiger partial charge in [0.1, 0.15) is 24.0 Å². The van der Waals surface area contributed by atoms with Crippen LogP contribution in [0.15, 0.2) is 95.9 Å². The molecule has 8 nitrogen and oxygen atoms in total. The molecule has 0 aliphatic heterocycles. The van der Waals surface area contributed by atoms with Gasteiger partial charge in [0.25, 0.3) is 0 Å². The van der Waals surface area contributed by atoms with Gasteiger partial charge < -0.3 is 18.5 Å². The third kappa shape index (κ3) is 5.76. The minimum Gasteiger partial charge on any atom is -0.473 e. The Morgan fingerprint density at radius 2 is 1.86 bits per heavy atom. The molecule has 3 aromatic heterocycles. The maximum absolute atomic E-state index is 14.2. The Bertz CT molecular complexity index is 1860. The summed E-state index contributed by atoms with van der Waals surface area (Å²) in [4.78, 5) is 25.7. The number of aryl methyl sites for hydroxylation is 1. The van der Waals surface area contributed by atoms with E-state index in [1.54, 1.807) is 30.5 Å². The Balaban J connectivity index is 1.22. The number of hydrogen-bond acceptors (Lipinski definition) is 7. The molecule has 0 unspecified atom stereocenters. The fourth-order valence-corrected chi connectivity index (χ4v) is 4.76. The average Bonchev–Trinajstić information content (AvgIpc) is 3.64. The first-order valence-electron chi connectivity index (χ1n) is 13.4. The van der Waals surface area contributed by atoms with Crippen molar-refractivity contribution in [2.75, 3.05) is 7.11 Å². The summed E-state index contributed by atoms with van der Waals surface area (Å²) in [6.45, 7) is 2.36. The van der Waals surface area contributed by atoms with Gasteiger partial charge in [-0.05, 0) is 48.4 Å². The smallest absolute Gasteiger partial charge is 0.337 e. The topological polar surface area (TPSA) is 92.3 Å². The Kier molecular flexibility index (Phi) is 7.47. The molecule has 0 amide bonds. The monoisotopic (exact) mass is 562 g/mol. The molecule has 3 heterocycles. The summed E-state index contributed by atoms with van der Waals surface area (Å²) in [5.74, 6) is 1.21. The fourth-order valence-electron chi connectivity index (χ4n) is 4.76. The number of nitrogens with zero attached hydrogens (tertiary/aromatic N) is 4. The number of hydrogen-bond donors (Lipinski definition) is 0. The van der Waals surface area contributed by atoms with Gasteiger partial charge in [0.15, 0.2) is 6.39 Å². The molecular weight excluding hydrogens is 535 g/mol. The van der Waals surface area contributed by atoms with Crippen LogP contribution in [0.3, 0.4) is 0 Å². The summed E-state index contributed by atoms with van der Waals surface area (Å²) >= 11 is 0. The van der Waals surface area contributed by atoms with E-state index in [9.17, 15) is 9.18 Å². The van der Waals surface area contributed by atoms with Crippen molar-refractivity contribution in [2.24, 2.45) is 0 Å². The number of halogens is 1. The number of rotatable bonds is 9. The van der Waals surface area contributed by atoms with E-state index in [0.29, 0.717) is 35.7 Å². The number of esters is 1. The van der Waals surface area contributed by atoms with Gasteiger partial charge in [0, 0.05) is 23.6 Å². The van der Waals surface area contributed by atoms with Crippen LogP contribution in [0.4, 0.5) is 4.39 Å². The summed E-state index contributed by atoms with van der Waals surface area (Å²) in [5, 5.41) is 0. The molecule has 0 aliphatic rings. The minimum absolute atomic E-state index is 0.0949. The third-order valence-electron chi connectivity index (χ3n) is 6.97. The lowest BCUT2D eigenvalue weighted by molar-refractivity contribution is 0.0601. The zero-order valence-corrected chi connectivity index (χ0v) is 23.1. The fraction of sp³-hybridized carbons (Fsp3) is 0.152. The maximum Gasteiger partial charge on any atom is 0.337 e. The largest absolute Gasteiger partial charge is 0.473 e. The molecule has 0 aliphatic carbocycles. The maximum atomic E-state index is 14.2. The van der Waals surface area contributed by atoms with Crippen LogP contribution in [0, 0.1) is 12.7 Å². The highest BCUT2D eigenvalue weighted by molar-refractivity contribution is 5.93. The number of oxazole rings is 1. The number of fused-ring (bicyclic) bond motifs is 1. The first kappa shape index (κ1) is 26.9. The van der Waals surface area contributed by atoms with Crippen molar-refractivity contribution < 1.29 is 23.1 Å². The molecule has 0 fully saturated rings. The van der Waals surface area contributed by atoms with Gasteiger partial charge in [-0.1, -0.05) is 42.5 Å². The predicted octanol–water partition coefficient (Wildman–Crippen LogP) is 6.54. The summed E-state index contributed by atoms with van der Waals surface area (Å²) in [6.07, 6.45) is 3.60. The highest BCUT2D eigenvalue weighted by Gasteiger charge is 2.16. The third-order valence-corrected chi connectivity index (χ3v) is 6.97. The molecule has 6 rings (SSSR count). The molecule has 0 saturated heterocycles. The Hall–Kier alpha value is -5.31. The number of aromatic nitrogens is 4. The summed E-state index contributed by atoms with van der Waals surface area (Å²) in [6, 6.07) is 24.0. The van der Waals surface area contributed by atoms with E-state index in [4.69, 9.17) is 18.9 Å². The van der Waals surface area contributed by atoms with Crippen molar-refractivity contribution in [1.29, 1.82) is 0 Å². The van der Waals surface area contributed by atoms with Gasteiger partial charge in [0.05, 0.1) is 42.1 Å². The van der Waals surface area contributed by atoms with E-state index >= 15 is 0 Å². The number of ether oxygens (including phenoxy) is 2. The summed E-state index contributed by atoms with van der Waals surface area (Å²) < 4.78 is 32.4. The molecule has 42 heavy (non-hydrogen) atoms. The highest BCUT2D eigenvalue weighted by atomic mass is 19.1. The standard InChI is InChI=1S/C33H27FN4O4/c1-21-6-9-25(27(34)14-21)19-41-32-5-3-4-28(37-32)23-10-7-22(8-11-23)15-31-36-29-13-12-24(33(39)40-2)16-30(29)38(31)18-26-17-35-20-42-26/h3-14,16-17,20H,15,18-19H2,1-2H3. The number of methoxy groups -OCH3 is 1. The van der Waals surface area contributed by atoms with Crippen LogP contribution in [0.5, 0.6) is 5.88 Å². The van der Waals surface area contributed by atoms with Crippen LogP contribution in [-0.4, -0.2) is 32.6 Å². The van der Waals surface area contributed by atoms with Gasteiger partial charge in [0.2, 0.25) is 5.88 Å². The first-order valence-corrected chi connectivity index (χ1v) is 13.4. The van der Waals surface area contributed by atoms with E-state index in [0.717, 1.165) is 39.2 Å². The molecule has 0 spiro atoms. The molecule has 3 aromatic carbocycles. The van der Waals surface area contributed by atoms with Crippen LogP contribution in [0.2, 0.25) is 0 Å². The van der Waals surface area contributed by atoms with E-state index in [1.165, 1.54) is 19.6 Å². The van der Waals surface area contributed by atoms with Crippen molar-refractivity contribution in [1.82, 2.24) is 19.5 Å². The van der Waals surface area contributed by atoms with Crippen molar-refractivity contribution in [3.63, 3.8) is 0 Å². The second kappa shape index (κ2) is 11.7. The SMILES string of the molecule is COC(=O)c1ccc2nc(Cc3ccc(-c4cccc(OCc5ccc(C)cc5F)n4)cc3)n(Cc3cnco3)c2c1. The Labute approximate surface area is 241 Å². The van der Waals surface area contributed by atoms with Crippen LogP contribution in [0.25, 0.3) is 22.3 Å². The molecule has 9 heteroatoms. The molecule has 6 aromatic rings. The number of imidazole rings is 1. The zero-order valence-electron chi connectivity index (χ0n) is 23.1. The van der Waals surface area contributed by atoms with E-state index in [1.807, 2.05) is 60.0 Å². The predicted molar refractivity (Wildman–Crippen MR) is 155 cm³/mol. The molecule has 0 atom stereocenters. The lowest BCUT2D eigenvalue weighted by atomic mass is 10.1. The van der Waals surface area contributed by atoms with Crippen molar-refractivity contribution >= 4 is 17.0 Å². The minimum atomic E-state index is -0.410. The van der Waals surface area contributed by atoms with Crippen LogP contribution >= 0.6 is 0 Å². The Morgan fingerprint density at radius 1 is 1.00 bits per heavy atom. The van der Waals surface area contributed by atoms with Crippen molar-refractivity contribution in [3.05, 3.63) is 131 Å². The second-order valence-corrected chi connectivity index (χ2v) is 9.90. The van der Waals surface area contributed by atoms with Gasteiger partial charge >= 0.3 is 5.97 Å². The van der Waals surface area contributed by atoms with Gasteiger partial charge in [-0.3, -0.25) is 0 Å². The quantitative estimate of drug-likeness (QED) is 0.185. The van der Waals surface area contributed by atoms with Gasteiger partial charge in [-0.25, -0.2) is 24.1 Å². The van der Waals surface area contributed by atoms with Gasteiger partial charge in [-0.2, -0.15) is 0 Å². The van der Waals surface area contributed by atoms with Crippen molar-refractivity contribution in [3.8, 4) is 17.1 Å². The van der Waals surface area contributed by atoms with E-state index < -0.39 is 5.97 Å². The summed E-state index contributed by atoms with van der Waals surface area (Å²) in [7, 11) is 1.36. The molecular formula is C33H27FN4O4. The Morgan fingerprint density at radius 3 is 2.62 bits per heavy atom. The van der Waals surface area contributed by atoms with Crippen LogP contribution in [-0.2, 0) is 24.3 Å². The van der Waals surface area contributed by atoms with Gasteiger partial charge in [-0.15, -0.1) is 0 Å². The number of carbonyl (C=O) groups is 1. The van der Waals surface area contributed by atoms with Crippen molar-refractivity contribution in [2.45, 2.75) is 26.5 Å².